The van der Waals surface area contributed by atoms with Gasteiger partial charge in [0.2, 0.25) is 0 Å². The highest BCUT2D eigenvalue weighted by Gasteiger charge is 2.11. The van der Waals surface area contributed by atoms with Crippen LogP contribution in [0, 0.1) is 6.92 Å². The minimum atomic E-state index is 0.448. The lowest BCUT2D eigenvalue weighted by molar-refractivity contribution is 0.302. The molecule has 0 fully saturated rings. The molecule has 0 spiro atoms. The van der Waals surface area contributed by atoms with Gasteiger partial charge >= 0.3 is 0 Å². The van der Waals surface area contributed by atoms with E-state index in [0.717, 1.165) is 26.8 Å². The van der Waals surface area contributed by atoms with Crippen molar-refractivity contribution in [1.82, 2.24) is 5.32 Å². The molecule has 2 rings (SSSR count). The molecule has 1 aromatic carbocycles. The summed E-state index contributed by atoms with van der Waals surface area (Å²) < 4.78 is 8.30. The Labute approximate surface area is 147 Å². The third kappa shape index (κ3) is 4.81. The molecule has 0 aliphatic rings. The maximum atomic E-state index is 6.10. The molecule has 0 unspecified atom stereocenters. The highest BCUT2D eigenvalue weighted by Crippen LogP contribution is 2.30. The van der Waals surface area contributed by atoms with Crippen LogP contribution in [-0.4, -0.2) is 6.04 Å². The van der Waals surface area contributed by atoms with Crippen LogP contribution in [0.3, 0.4) is 0 Å². The van der Waals surface area contributed by atoms with E-state index in [1.54, 1.807) is 11.3 Å². The van der Waals surface area contributed by atoms with Crippen LogP contribution >= 0.6 is 43.2 Å². The van der Waals surface area contributed by atoms with Gasteiger partial charge < -0.3 is 10.1 Å². The zero-order valence-electron chi connectivity index (χ0n) is 12.4. The van der Waals surface area contributed by atoms with Crippen molar-refractivity contribution in [3.05, 3.63) is 48.5 Å². The molecule has 0 saturated heterocycles. The number of ether oxygens (including phenoxy) is 1. The molecule has 0 atom stereocenters. The zero-order valence-corrected chi connectivity index (χ0v) is 16.4. The monoisotopic (exact) mass is 431 g/mol. The number of hydrogen-bond acceptors (Lipinski definition) is 3. The summed E-state index contributed by atoms with van der Waals surface area (Å²) in [6.07, 6.45) is 0. The van der Waals surface area contributed by atoms with Gasteiger partial charge in [-0.2, -0.15) is 0 Å². The lowest BCUT2D eigenvalue weighted by Crippen LogP contribution is -2.22. The predicted molar refractivity (Wildman–Crippen MR) is 97.2 cm³/mol. The molecular formula is C16H19Br2NOS. The Hall–Kier alpha value is -0.360. The van der Waals surface area contributed by atoms with Crippen molar-refractivity contribution in [2.24, 2.45) is 0 Å². The molecule has 0 amide bonds. The molecule has 2 aromatic rings. The maximum absolute atomic E-state index is 6.10. The fraction of sp³-hybridized carbons (Fsp3) is 0.375. The second kappa shape index (κ2) is 7.77. The van der Waals surface area contributed by atoms with E-state index in [9.17, 15) is 0 Å². The Balaban J connectivity index is 2.18. The van der Waals surface area contributed by atoms with Crippen LogP contribution in [0.1, 0.15) is 29.9 Å². The number of hydrogen-bond donors (Lipinski definition) is 1. The molecule has 0 aliphatic heterocycles. The minimum Gasteiger partial charge on any atom is -0.487 e. The fourth-order valence-electron chi connectivity index (χ4n) is 2.02. The smallest absolute Gasteiger partial charge is 0.127 e. The van der Waals surface area contributed by atoms with Gasteiger partial charge in [0.05, 0.1) is 4.88 Å². The Bertz CT molecular complexity index is 610. The second-order valence-corrected chi connectivity index (χ2v) is 8.00. The van der Waals surface area contributed by atoms with Gasteiger partial charge in [0.1, 0.15) is 12.4 Å². The largest absolute Gasteiger partial charge is 0.487 e. The van der Waals surface area contributed by atoms with Crippen molar-refractivity contribution in [1.29, 1.82) is 0 Å². The van der Waals surface area contributed by atoms with Gasteiger partial charge in [-0.25, -0.2) is 0 Å². The van der Waals surface area contributed by atoms with Gasteiger partial charge in [0.25, 0.3) is 0 Å². The number of benzene rings is 1. The topological polar surface area (TPSA) is 21.3 Å². The van der Waals surface area contributed by atoms with E-state index < -0.39 is 0 Å². The van der Waals surface area contributed by atoms with Crippen molar-refractivity contribution >= 4 is 43.2 Å². The van der Waals surface area contributed by atoms with Crippen LogP contribution in [0.5, 0.6) is 5.75 Å². The van der Waals surface area contributed by atoms with Crippen molar-refractivity contribution in [2.75, 3.05) is 0 Å². The van der Waals surface area contributed by atoms with E-state index in [1.165, 1.54) is 10.4 Å². The van der Waals surface area contributed by atoms with Crippen LogP contribution < -0.4 is 10.1 Å². The molecule has 5 heteroatoms. The van der Waals surface area contributed by atoms with E-state index in [2.05, 4.69) is 81.5 Å². The van der Waals surface area contributed by atoms with Crippen molar-refractivity contribution < 1.29 is 4.74 Å². The minimum absolute atomic E-state index is 0.448. The molecule has 0 radical (unpaired) electrons. The van der Waals surface area contributed by atoms with Gasteiger partial charge in [-0.1, -0.05) is 29.8 Å². The van der Waals surface area contributed by atoms with E-state index in [4.69, 9.17) is 4.74 Å². The number of rotatable bonds is 6. The quantitative estimate of drug-likeness (QED) is 0.635. The standard InChI is InChI=1S/C16H19Br2NOS/c1-10(2)19-8-12-7-13(17)6-11(3)16(12)20-9-15-14(18)4-5-21-15/h4-7,10,19H,8-9H2,1-3H3. The van der Waals surface area contributed by atoms with Crippen LogP contribution in [-0.2, 0) is 13.2 Å². The second-order valence-electron chi connectivity index (χ2n) is 5.23. The van der Waals surface area contributed by atoms with Gasteiger partial charge in [-0.15, -0.1) is 11.3 Å². The molecule has 0 aliphatic carbocycles. The lowest BCUT2D eigenvalue weighted by atomic mass is 10.1. The Morgan fingerprint density at radius 1 is 1.29 bits per heavy atom. The van der Waals surface area contributed by atoms with Gasteiger partial charge in [-0.3, -0.25) is 0 Å². The molecular weight excluding hydrogens is 414 g/mol. The van der Waals surface area contributed by atoms with Crippen LogP contribution in [0.4, 0.5) is 0 Å². The fourth-order valence-corrected chi connectivity index (χ4v) is 4.01. The summed E-state index contributed by atoms with van der Waals surface area (Å²) in [6, 6.07) is 6.72. The van der Waals surface area contributed by atoms with E-state index in [0.29, 0.717) is 12.6 Å². The molecule has 0 saturated carbocycles. The number of halogens is 2. The molecule has 1 N–H and O–H groups in total. The summed E-state index contributed by atoms with van der Waals surface area (Å²) in [6.45, 7) is 7.78. The molecule has 1 aromatic heterocycles. The Morgan fingerprint density at radius 2 is 2.05 bits per heavy atom. The van der Waals surface area contributed by atoms with Crippen LogP contribution in [0.25, 0.3) is 0 Å². The first kappa shape index (κ1) is 17.0. The maximum Gasteiger partial charge on any atom is 0.127 e. The lowest BCUT2D eigenvalue weighted by Gasteiger charge is -2.16. The summed E-state index contributed by atoms with van der Waals surface area (Å²) >= 11 is 8.82. The molecule has 2 nitrogen and oxygen atoms in total. The van der Waals surface area contributed by atoms with Crippen molar-refractivity contribution in [3.8, 4) is 5.75 Å². The van der Waals surface area contributed by atoms with Crippen LogP contribution in [0.15, 0.2) is 32.5 Å². The number of aryl methyl sites for hydroxylation is 1. The van der Waals surface area contributed by atoms with Gasteiger partial charge in [-0.05, 0) is 52.0 Å². The summed E-state index contributed by atoms with van der Waals surface area (Å²) in [7, 11) is 0. The highest BCUT2D eigenvalue weighted by molar-refractivity contribution is 9.10. The number of nitrogens with one attached hydrogen (secondary N) is 1. The first-order valence-electron chi connectivity index (χ1n) is 6.84. The molecule has 114 valence electrons. The van der Waals surface area contributed by atoms with Crippen molar-refractivity contribution in [3.63, 3.8) is 0 Å². The average Bonchev–Trinajstić information content (AvgIpc) is 2.80. The Morgan fingerprint density at radius 3 is 2.67 bits per heavy atom. The van der Waals surface area contributed by atoms with Crippen LogP contribution in [0.2, 0.25) is 0 Å². The van der Waals surface area contributed by atoms with Gasteiger partial charge in [0, 0.05) is 27.1 Å². The summed E-state index contributed by atoms with van der Waals surface area (Å²) in [4.78, 5) is 1.21. The third-order valence-corrected chi connectivity index (χ3v) is 5.41. The summed E-state index contributed by atoms with van der Waals surface area (Å²) in [5.41, 5.74) is 2.33. The average molecular weight is 433 g/mol. The van der Waals surface area contributed by atoms with Gasteiger partial charge in [0.15, 0.2) is 0 Å². The SMILES string of the molecule is Cc1cc(Br)cc(CNC(C)C)c1OCc1sccc1Br. The third-order valence-electron chi connectivity index (χ3n) is 3.06. The zero-order chi connectivity index (χ0) is 15.4. The highest BCUT2D eigenvalue weighted by atomic mass is 79.9. The van der Waals surface area contributed by atoms with Crippen molar-refractivity contribution in [2.45, 2.75) is 40.0 Å². The van der Waals surface area contributed by atoms with E-state index in [-0.39, 0.29) is 0 Å². The summed E-state index contributed by atoms with van der Waals surface area (Å²) in [5, 5.41) is 5.52. The Kier molecular flexibility index (Phi) is 6.29. The molecule has 21 heavy (non-hydrogen) atoms. The van der Waals surface area contributed by atoms with E-state index >= 15 is 0 Å². The molecule has 1 heterocycles. The first-order chi connectivity index (χ1) is 9.97. The first-order valence-corrected chi connectivity index (χ1v) is 9.31. The molecule has 0 bridgehead atoms. The van der Waals surface area contributed by atoms with E-state index in [1.807, 2.05) is 0 Å². The summed E-state index contributed by atoms with van der Waals surface area (Å²) in [5.74, 6) is 0.978. The number of thiophene rings is 1. The predicted octanol–water partition coefficient (Wildman–Crippen LogP) is 5.66. The normalized spacial score (nSPS) is 11.1.